The van der Waals surface area contributed by atoms with Gasteiger partial charge >= 0.3 is 0 Å². The van der Waals surface area contributed by atoms with Crippen molar-refractivity contribution in [1.82, 2.24) is 9.78 Å². The van der Waals surface area contributed by atoms with Gasteiger partial charge < -0.3 is 0 Å². The number of rotatable bonds is 3. The van der Waals surface area contributed by atoms with Gasteiger partial charge in [-0.25, -0.2) is 4.68 Å². The third-order valence-electron chi connectivity index (χ3n) is 3.50. The topological polar surface area (TPSA) is 37.8 Å². The van der Waals surface area contributed by atoms with Crippen molar-refractivity contribution in [3.8, 4) is 5.69 Å². The highest BCUT2D eigenvalue weighted by Gasteiger charge is 2.12. The molecule has 0 atom stereocenters. The van der Waals surface area contributed by atoms with Gasteiger partial charge in [-0.2, -0.15) is 0 Å². The van der Waals surface area contributed by atoms with E-state index < -0.39 is 0 Å². The number of nitrogens with zero attached hydrogens (tertiary/aromatic N) is 1. The lowest BCUT2D eigenvalue weighted by Crippen LogP contribution is -2.17. The Labute approximate surface area is 127 Å². The quantitative estimate of drug-likeness (QED) is 0.786. The van der Waals surface area contributed by atoms with Crippen LogP contribution in [0, 0.1) is 6.92 Å². The van der Waals surface area contributed by atoms with Gasteiger partial charge in [0.15, 0.2) is 0 Å². The highest BCUT2D eigenvalue weighted by Crippen LogP contribution is 2.14. The van der Waals surface area contributed by atoms with Crippen molar-refractivity contribution in [3.63, 3.8) is 0 Å². The molecule has 4 heteroatoms. The molecular weight excluding hydrogens is 284 g/mol. The maximum atomic E-state index is 12.6. The molecular formula is C17H15ClN2O. The normalized spacial score (nSPS) is 10.8. The molecule has 3 aromatic rings. The first kappa shape index (κ1) is 13.7. The Morgan fingerprint density at radius 2 is 1.71 bits per heavy atom. The van der Waals surface area contributed by atoms with E-state index in [1.165, 1.54) is 0 Å². The Bertz CT molecular complexity index is 801. The molecule has 0 bridgehead atoms. The molecule has 1 N–H and O–H groups in total. The van der Waals surface area contributed by atoms with Crippen LogP contribution in [0.3, 0.4) is 0 Å². The van der Waals surface area contributed by atoms with E-state index >= 15 is 0 Å². The van der Waals surface area contributed by atoms with Crippen molar-refractivity contribution in [2.75, 3.05) is 0 Å². The summed E-state index contributed by atoms with van der Waals surface area (Å²) in [6.45, 7) is 1.92. The van der Waals surface area contributed by atoms with Gasteiger partial charge in [0, 0.05) is 22.7 Å². The van der Waals surface area contributed by atoms with Crippen molar-refractivity contribution in [2.45, 2.75) is 13.3 Å². The Morgan fingerprint density at radius 1 is 1.05 bits per heavy atom. The van der Waals surface area contributed by atoms with Crippen LogP contribution in [0.15, 0.2) is 59.4 Å². The van der Waals surface area contributed by atoms with E-state index in [0.29, 0.717) is 11.4 Å². The zero-order valence-electron chi connectivity index (χ0n) is 11.6. The molecule has 0 saturated heterocycles. The summed E-state index contributed by atoms with van der Waals surface area (Å²) in [6.07, 6.45) is 0.628. The molecule has 0 radical (unpaired) electrons. The molecule has 106 valence electrons. The molecule has 0 fully saturated rings. The average molecular weight is 299 g/mol. The molecule has 3 nitrogen and oxygen atoms in total. The first-order chi connectivity index (χ1) is 10.1. The second-order valence-electron chi connectivity index (χ2n) is 4.99. The van der Waals surface area contributed by atoms with E-state index in [4.69, 9.17) is 11.6 Å². The molecule has 0 unspecified atom stereocenters. The van der Waals surface area contributed by atoms with Crippen LogP contribution in [0.5, 0.6) is 0 Å². The van der Waals surface area contributed by atoms with Crippen LogP contribution in [-0.2, 0) is 6.42 Å². The third kappa shape index (κ3) is 2.78. The lowest BCUT2D eigenvalue weighted by atomic mass is 10.1. The van der Waals surface area contributed by atoms with Gasteiger partial charge in [-0.1, -0.05) is 41.9 Å². The van der Waals surface area contributed by atoms with Crippen LogP contribution in [0.4, 0.5) is 0 Å². The van der Waals surface area contributed by atoms with E-state index in [9.17, 15) is 4.79 Å². The number of benzene rings is 2. The molecule has 0 amide bonds. The van der Waals surface area contributed by atoms with Crippen LogP contribution in [0.2, 0.25) is 5.02 Å². The van der Waals surface area contributed by atoms with Crippen LogP contribution < -0.4 is 5.56 Å². The first-order valence-electron chi connectivity index (χ1n) is 6.75. The zero-order valence-corrected chi connectivity index (χ0v) is 12.4. The summed E-state index contributed by atoms with van der Waals surface area (Å²) in [6, 6.07) is 17.2. The number of aromatic amines is 1. The SMILES string of the molecule is Cc1[nH]n(-c2ccc(Cl)cc2)c(=O)c1Cc1ccccc1. The van der Waals surface area contributed by atoms with Gasteiger partial charge in [-0.3, -0.25) is 9.89 Å². The molecule has 0 spiro atoms. The Kier molecular flexibility index (Phi) is 3.67. The molecule has 0 saturated carbocycles. The molecule has 2 aromatic carbocycles. The summed E-state index contributed by atoms with van der Waals surface area (Å²) in [4.78, 5) is 12.6. The number of aromatic nitrogens is 2. The highest BCUT2D eigenvalue weighted by molar-refractivity contribution is 6.30. The summed E-state index contributed by atoms with van der Waals surface area (Å²) in [5.41, 5.74) is 3.57. The van der Waals surface area contributed by atoms with Gasteiger partial charge in [-0.15, -0.1) is 0 Å². The molecule has 3 rings (SSSR count). The highest BCUT2D eigenvalue weighted by atomic mass is 35.5. The monoisotopic (exact) mass is 298 g/mol. The van der Waals surface area contributed by atoms with Crippen LogP contribution in [0.1, 0.15) is 16.8 Å². The Balaban J connectivity index is 2.01. The van der Waals surface area contributed by atoms with Gasteiger partial charge in [0.05, 0.1) is 5.69 Å². The number of hydrogen-bond donors (Lipinski definition) is 1. The van der Waals surface area contributed by atoms with Crippen molar-refractivity contribution < 1.29 is 0 Å². The summed E-state index contributed by atoms with van der Waals surface area (Å²) in [5.74, 6) is 0. The minimum absolute atomic E-state index is 0.0151. The van der Waals surface area contributed by atoms with Crippen molar-refractivity contribution in [3.05, 3.63) is 86.8 Å². The standard InChI is InChI=1S/C17H15ClN2O/c1-12-16(11-13-5-3-2-4-6-13)17(21)20(19-12)15-9-7-14(18)8-10-15/h2-10,19H,11H2,1H3. The summed E-state index contributed by atoms with van der Waals surface area (Å²) < 4.78 is 1.56. The number of hydrogen-bond acceptors (Lipinski definition) is 1. The summed E-state index contributed by atoms with van der Waals surface area (Å²) >= 11 is 5.89. The molecule has 21 heavy (non-hydrogen) atoms. The molecule has 0 aliphatic rings. The second kappa shape index (κ2) is 5.62. The average Bonchev–Trinajstić information content (AvgIpc) is 2.77. The maximum Gasteiger partial charge on any atom is 0.274 e. The smallest absolute Gasteiger partial charge is 0.274 e. The minimum Gasteiger partial charge on any atom is -0.295 e. The Hall–Kier alpha value is -2.26. The van der Waals surface area contributed by atoms with E-state index in [0.717, 1.165) is 22.5 Å². The van der Waals surface area contributed by atoms with Crippen LogP contribution >= 0.6 is 11.6 Å². The number of nitrogens with one attached hydrogen (secondary N) is 1. The van der Waals surface area contributed by atoms with E-state index in [-0.39, 0.29) is 5.56 Å². The van der Waals surface area contributed by atoms with Gasteiger partial charge in [0.1, 0.15) is 0 Å². The number of halogens is 1. The predicted octanol–water partition coefficient (Wildman–Crippen LogP) is 3.72. The lowest BCUT2D eigenvalue weighted by Gasteiger charge is -2.01. The number of aryl methyl sites for hydroxylation is 1. The maximum absolute atomic E-state index is 12.6. The predicted molar refractivity (Wildman–Crippen MR) is 85.4 cm³/mol. The van der Waals surface area contributed by atoms with Crippen LogP contribution in [0.25, 0.3) is 5.69 Å². The van der Waals surface area contributed by atoms with Gasteiger partial charge in [0.25, 0.3) is 5.56 Å². The minimum atomic E-state index is -0.0151. The first-order valence-corrected chi connectivity index (χ1v) is 7.13. The molecule has 0 aliphatic carbocycles. The van der Waals surface area contributed by atoms with E-state index in [1.807, 2.05) is 49.4 Å². The lowest BCUT2D eigenvalue weighted by molar-refractivity contribution is 0.834. The summed E-state index contributed by atoms with van der Waals surface area (Å²) in [7, 11) is 0. The van der Waals surface area contributed by atoms with Crippen molar-refractivity contribution >= 4 is 11.6 Å². The number of H-pyrrole nitrogens is 1. The van der Waals surface area contributed by atoms with Crippen molar-refractivity contribution in [1.29, 1.82) is 0 Å². The Morgan fingerprint density at radius 3 is 2.38 bits per heavy atom. The van der Waals surface area contributed by atoms with Crippen molar-refractivity contribution in [2.24, 2.45) is 0 Å². The molecule has 0 aliphatic heterocycles. The largest absolute Gasteiger partial charge is 0.295 e. The van der Waals surface area contributed by atoms with Gasteiger partial charge in [-0.05, 0) is 36.8 Å². The molecule has 1 heterocycles. The summed E-state index contributed by atoms with van der Waals surface area (Å²) in [5, 5.41) is 3.78. The van der Waals surface area contributed by atoms with Crippen LogP contribution in [-0.4, -0.2) is 9.78 Å². The third-order valence-corrected chi connectivity index (χ3v) is 3.75. The fraction of sp³-hybridized carbons (Fsp3) is 0.118. The van der Waals surface area contributed by atoms with E-state index in [1.54, 1.807) is 16.8 Å². The van der Waals surface area contributed by atoms with Gasteiger partial charge in [0.2, 0.25) is 0 Å². The second-order valence-corrected chi connectivity index (χ2v) is 5.43. The fourth-order valence-electron chi connectivity index (χ4n) is 2.36. The fourth-order valence-corrected chi connectivity index (χ4v) is 2.49. The zero-order chi connectivity index (χ0) is 14.8. The molecule has 1 aromatic heterocycles. The van der Waals surface area contributed by atoms with E-state index in [2.05, 4.69) is 5.10 Å².